The average molecular weight is 242 g/mol. The number of halogens is 1. The van der Waals surface area contributed by atoms with Crippen LogP contribution in [0.15, 0.2) is 23.1 Å². The molecule has 5 heteroatoms. The Morgan fingerprint density at radius 1 is 1.40 bits per heavy atom. The normalized spacial score (nSPS) is 16.3. The lowest BCUT2D eigenvalue weighted by Gasteiger charge is -2.16. The Hall–Kier alpha value is -1.00. The second-order valence-corrected chi connectivity index (χ2v) is 4.75. The Morgan fingerprint density at radius 3 is 2.87 bits per heavy atom. The molecule has 0 atom stereocenters. The molecule has 0 N–H and O–H groups in total. The first-order chi connectivity index (χ1) is 7.08. The van der Waals surface area contributed by atoms with E-state index in [1.807, 2.05) is 0 Å². The minimum Gasteiger partial charge on any atom is -0.314 e. The van der Waals surface area contributed by atoms with Gasteiger partial charge in [-0.1, -0.05) is 11.6 Å². The van der Waals surface area contributed by atoms with Crippen LogP contribution in [0, 0.1) is 0 Å². The van der Waals surface area contributed by atoms with Gasteiger partial charge in [0, 0.05) is 17.0 Å². The molecule has 1 aliphatic heterocycles. The molecule has 1 amide bonds. The largest absolute Gasteiger partial charge is 0.314 e. The number of carbonyl (C=O) groups is 2. The molecule has 1 heterocycles. The van der Waals surface area contributed by atoms with Crippen molar-refractivity contribution in [2.45, 2.75) is 11.3 Å². The maximum Gasteiger partial charge on any atom is 0.235 e. The third kappa shape index (κ3) is 2.01. The van der Waals surface area contributed by atoms with Crippen molar-refractivity contribution in [3.8, 4) is 0 Å². The topological polar surface area (TPSA) is 37.4 Å². The lowest BCUT2D eigenvalue weighted by molar-refractivity contribution is -0.122. The van der Waals surface area contributed by atoms with Crippen LogP contribution in [0.5, 0.6) is 0 Å². The van der Waals surface area contributed by atoms with Crippen molar-refractivity contribution in [3.05, 3.63) is 23.2 Å². The monoisotopic (exact) mass is 241 g/mol. The zero-order valence-corrected chi connectivity index (χ0v) is 9.56. The third-order valence-electron chi connectivity index (χ3n) is 2.18. The highest BCUT2D eigenvalue weighted by atomic mass is 35.5. The zero-order chi connectivity index (χ0) is 11.0. The van der Waals surface area contributed by atoms with Crippen LogP contribution in [0.25, 0.3) is 0 Å². The summed E-state index contributed by atoms with van der Waals surface area (Å²) in [6, 6.07) is 5.17. The Bertz CT molecular complexity index is 447. The van der Waals surface area contributed by atoms with Gasteiger partial charge >= 0.3 is 0 Å². The van der Waals surface area contributed by atoms with Gasteiger partial charge in [-0.2, -0.15) is 0 Å². The Balaban J connectivity index is 2.54. The first-order valence-corrected chi connectivity index (χ1v) is 5.54. The Kier molecular flexibility index (Phi) is 2.71. The molecule has 0 spiro atoms. The fraction of sp³-hybridized carbons (Fsp3) is 0.200. The predicted molar refractivity (Wildman–Crippen MR) is 60.3 cm³/mol. The summed E-state index contributed by atoms with van der Waals surface area (Å²) < 4.78 is 0. The highest BCUT2D eigenvalue weighted by Gasteiger charge is 2.24. The number of anilines is 1. The molecule has 0 aliphatic carbocycles. The molecule has 0 aromatic heterocycles. The van der Waals surface area contributed by atoms with E-state index in [2.05, 4.69) is 0 Å². The summed E-state index contributed by atoms with van der Waals surface area (Å²) in [5.41, 5.74) is 0.698. The molecule has 2 rings (SSSR count). The molecular formula is C10H8ClNO2S. The van der Waals surface area contributed by atoms with Crippen LogP contribution in [0.4, 0.5) is 5.69 Å². The quantitative estimate of drug-likeness (QED) is 0.655. The van der Waals surface area contributed by atoms with E-state index in [9.17, 15) is 9.59 Å². The van der Waals surface area contributed by atoms with Gasteiger partial charge in [0.15, 0.2) is 0 Å². The molecule has 0 bridgehead atoms. The summed E-state index contributed by atoms with van der Waals surface area (Å²) >= 11 is 6.94. The number of fused-ring (bicyclic) bond motifs is 1. The number of benzene rings is 1. The molecule has 78 valence electrons. The van der Waals surface area contributed by atoms with Gasteiger partial charge in [0.05, 0.1) is 12.1 Å². The van der Waals surface area contributed by atoms with Crippen LogP contribution in [-0.2, 0) is 9.59 Å². The summed E-state index contributed by atoms with van der Waals surface area (Å²) in [5, 5.41) is 0.427. The van der Waals surface area contributed by atoms with Gasteiger partial charge in [-0.25, -0.2) is 0 Å². The van der Waals surface area contributed by atoms with Crippen molar-refractivity contribution in [1.29, 1.82) is 0 Å². The molecule has 0 radical (unpaired) electrons. The average Bonchev–Trinajstić information content (AvgIpc) is 2.27. The summed E-state index contributed by atoms with van der Waals surface area (Å²) in [4.78, 5) is 25.2. The standard InChI is InChI=1S/C10H8ClNO2S/c1-12-7-4-6(11)2-3-8(7)15-10(14)5-9(12)13/h2-4H,5H2,1H3. The van der Waals surface area contributed by atoms with Crippen molar-refractivity contribution in [2.24, 2.45) is 0 Å². The Morgan fingerprint density at radius 2 is 2.13 bits per heavy atom. The fourth-order valence-electron chi connectivity index (χ4n) is 1.37. The van der Waals surface area contributed by atoms with Crippen LogP contribution in [0.3, 0.4) is 0 Å². The predicted octanol–water partition coefficient (Wildman–Crippen LogP) is 2.33. The second kappa shape index (κ2) is 3.87. The number of amides is 1. The van der Waals surface area contributed by atoms with Crippen LogP contribution >= 0.6 is 23.4 Å². The summed E-state index contributed by atoms with van der Waals surface area (Å²) in [5.74, 6) is -0.200. The summed E-state index contributed by atoms with van der Waals surface area (Å²) in [6.45, 7) is 0. The van der Waals surface area contributed by atoms with Crippen molar-refractivity contribution in [1.82, 2.24) is 0 Å². The molecule has 1 aromatic rings. The van der Waals surface area contributed by atoms with Crippen LogP contribution in [0.2, 0.25) is 5.02 Å². The van der Waals surface area contributed by atoms with Gasteiger partial charge in [-0.3, -0.25) is 9.59 Å². The highest BCUT2D eigenvalue weighted by Crippen LogP contribution is 2.35. The first-order valence-electron chi connectivity index (χ1n) is 4.35. The van der Waals surface area contributed by atoms with E-state index < -0.39 is 0 Å². The Labute approximate surface area is 96.4 Å². The first kappa shape index (κ1) is 10.5. The lowest BCUT2D eigenvalue weighted by Crippen LogP contribution is -2.26. The molecule has 0 unspecified atom stereocenters. The van der Waals surface area contributed by atoms with E-state index in [1.165, 1.54) is 4.90 Å². The van der Waals surface area contributed by atoms with Crippen molar-refractivity contribution >= 4 is 40.1 Å². The van der Waals surface area contributed by atoms with Gasteiger partial charge < -0.3 is 4.90 Å². The van der Waals surface area contributed by atoms with Gasteiger partial charge in [-0.15, -0.1) is 0 Å². The number of carbonyl (C=O) groups excluding carboxylic acids is 2. The zero-order valence-electron chi connectivity index (χ0n) is 7.99. The number of nitrogens with zero attached hydrogens (tertiary/aromatic N) is 1. The van der Waals surface area contributed by atoms with E-state index in [0.717, 1.165) is 16.7 Å². The summed E-state index contributed by atoms with van der Waals surface area (Å²) in [7, 11) is 1.65. The summed E-state index contributed by atoms with van der Waals surface area (Å²) in [6.07, 6.45) is -0.0620. The van der Waals surface area contributed by atoms with Gasteiger partial charge in [0.1, 0.15) is 0 Å². The van der Waals surface area contributed by atoms with Crippen molar-refractivity contribution in [2.75, 3.05) is 11.9 Å². The number of thioether (sulfide) groups is 1. The maximum absolute atomic E-state index is 11.5. The van der Waals surface area contributed by atoms with Crippen LogP contribution < -0.4 is 4.90 Å². The molecule has 0 fully saturated rings. The van der Waals surface area contributed by atoms with Crippen LogP contribution in [0.1, 0.15) is 6.42 Å². The minimum absolute atomic E-state index is 0.0620. The SMILES string of the molecule is CN1C(=O)CC(=O)Sc2ccc(Cl)cc21. The smallest absolute Gasteiger partial charge is 0.235 e. The van der Waals surface area contributed by atoms with E-state index in [-0.39, 0.29) is 17.4 Å². The number of hydrogen-bond donors (Lipinski definition) is 0. The minimum atomic E-state index is -0.200. The van der Waals surface area contributed by atoms with Crippen molar-refractivity contribution in [3.63, 3.8) is 0 Å². The van der Waals surface area contributed by atoms with E-state index in [4.69, 9.17) is 11.6 Å². The van der Waals surface area contributed by atoms with Gasteiger partial charge in [0.25, 0.3) is 0 Å². The maximum atomic E-state index is 11.5. The van der Waals surface area contributed by atoms with Gasteiger partial charge in [-0.05, 0) is 30.0 Å². The highest BCUT2D eigenvalue weighted by molar-refractivity contribution is 8.13. The number of rotatable bonds is 0. The molecule has 1 aliphatic rings. The molecule has 3 nitrogen and oxygen atoms in total. The molecule has 1 aromatic carbocycles. The van der Waals surface area contributed by atoms with E-state index >= 15 is 0 Å². The van der Waals surface area contributed by atoms with E-state index in [0.29, 0.717) is 10.7 Å². The fourth-order valence-corrected chi connectivity index (χ4v) is 2.42. The van der Waals surface area contributed by atoms with Crippen molar-refractivity contribution < 1.29 is 9.59 Å². The van der Waals surface area contributed by atoms with Gasteiger partial charge in [0.2, 0.25) is 11.0 Å². The number of hydrogen-bond acceptors (Lipinski definition) is 3. The van der Waals surface area contributed by atoms with E-state index in [1.54, 1.807) is 25.2 Å². The molecule has 15 heavy (non-hydrogen) atoms. The molecular weight excluding hydrogens is 234 g/mol. The lowest BCUT2D eigenvalue weighted by atomic mass is 10.3. The third-order valence-corrected chi connectivity index (χ3v) is 3.35. The molecule has 0 saturated carbocycles. The van der Waals surface area contributed by atoms with Crippen LogP contribution in [-0.4, -0.2) is 18.1 Å². The second-order valence-electron chi connectivity index (χ2n) is 3.22. The molecule has 0 saturated heterocycles.